The van der Waals surface area contributed by atoms with Crippen molar-refractivity contribution in [2.75, 3.05) is 13.2 Å². The van der Waals surface area contributed by atoms with Gasteiger partial charge in [0.1, 0.15) is 0 Å². The fourth-order valence-electron chi connectivity index (χ4n) is 12.4. The molecular weight excluding hydrogens is 995 g/mol. The van der Waals surface area contributed by atoms with Crippen molar-refractivity contribution in [3.8, 4) is 0 Å². The Morgan fingerprint density at radius 3 is 0.753 bits per heavy atom. The molecule has 0 saturated carbocycles. The van der Waals surface area contributed by atoms with Crippen LogP contribution in [0.2, 0.25) is 0 Å². The second-order valence-corrected chi connectivity index (χ2v) is 26.4. The van der Waals surface area contributed by atoms with E-state index in [4.69, 9.17) is 4.74 Å². The van der Waals surface area contributed by atoms with E-state index in [1.54, 1.807) is 0 Å². The molecule has 0 aliphatic heterocycles. The molecule has 0 bridgehead atoms. The number of hydrogen-bond donors (Lipinski definition) is 3. The van der Waals surface area contributed by atoms with Crippen LogP contribution < -0.4 is 5.32 Å². The summed E-state index contributed by atoms with van der Waals surface area (Å²) < 4.78 is 5.51. The van der Waals surface area contributed by atoms with Crippen LogP contribution in [0.1, 0.15) is 444 Å². The Balaban J connectivity index is 3.29. The van der Waals surface area contributed by atoms with E-state index >= 15 is 0 Å². The number of nitrogens with one attached hydrogen (secondary N) is 1. The zero-order valence-electron chi connectivity index (χ0n) is 55.6. The van der Waals surface area contributed by atoms with Crippen molar-refractivity contribution in [1.29, 1.82) is 0 Å². The second kappa shape index (κ2) is 71.3. The molecule has 0 aliphatic rings. The highest BCUT2D eigenvalue weighted by Crippen LogP contribution is 2.20. The van der Waals surface area contributed by atoms with Gasteiger partial charge in [0.15, 0.2) is 0 Å². The van der Waals surface area contributed by atoms with Crippen LogP contribution in [0.4, 0.5) is 0 Å². The summed E-state index contributed by atoms with van der Waals surface area (Å²) in [6, 6.07) is -0.537. The molecule has 6 nitrogen and oxygen atoms in total. The van der Waals surface area contributed by atoms with Crippen molar-refractivity contribution in [3.63, 3.8) is 0 Å². The largest absolute Gasteiger partial charge is 0.466 e. The van der Waals surface area contributed by atoms with Gasteiger partial charge >= 0.3 is 5.97 Å². The molecule has 0 aromatic carbocycles. The highest BCUT2D eigenvalue weighted by molar-refractivity contribution is 5.76. The molecule has 1 amide bonds. The van der Waals surface area contributed by atoms with Crippen molar-refractivity contribution < 1.29 is 24.5 Å². The quantitative estimate of drug-likeness (QED) is 0.0417. The van der Waals surface area contributed by atoms with Crippen molar-refractivity contribution in [1.82, 2.24) is 5.32 Å². The zero-order chi connectivity index (χ0) is 58.5. The molecule has 0 heterocycles. The highest BCUT2D eigenvalue weighted by atomic mass is 16.5. The zero-order valence-corrected chi connectivity index (χ0v) is 55.6. The fourth-order valence-corrected chi connectivity index (χ4v) is 12.4. The first kappa shape index (κ1) is 79.9. The molecular formula is C75H149NO5. The van der Waals surface area contributed by atoms with Crippen LogP contribution in [0.15, 0.2) is 0 Å². The molecule has 0 aromatic heterocycles. The van der Waals surface area contributed by atoms with Gasteiger partial charge in [0.25, 0.3) is 0 Å². The smallest absolute Gasteiger partial charge is 0.305 e. The highest BCUT2D eigenvalue weighted by Gasteiger charge is 2.20. The van der Waals surface area contributed by atoms with Crippen LogP contribution >= 0.6 is 0 Å². The Labute approximate surface area is 508 Å². The lowest BCUT2D eigenvalue weighted by Crippen LogP contribution is -2.45. The summed E-state index contributed by atoms with van der Waals surface area (Å²) in [4.78, 5) is 24.6. The predicted octanol–water partition coefficient (Wildman–Crippen LogP) is 24.5. The number of hydrogen-bond acceptors (Lipinski definition) is 5. The molecule has 0 spiro atoms. The first-order valence-corrected chi connectivity index (χ1v) is 37.8. The van der Waals surface area contributed by atoms with E-state index < -0.39 is 12.1 Å². The number of ether oxygens (including phenoxy) is 1. The van der Waals surface area contributed by atoms with Gasteiger partial charge in [0.05, 0.1) is 25.4 Å². The first-order valence-electron chi connectivity index (χ1n) is 37.8. The van der Waals surface area contributed by atoms with Crippen LogP contribution in [-0.2, 0) is 14.3 Å². The molecule has 0 radical (unpaired) electrons. The van der Waals surface area contributed by atoms with Crippen molar-refractivity contribution in [3.05, 3.63) is 0 Å². The molecule has 2 atom stereocenters. The topological polar surface area (TPSA) is 95.9 Å². The molecule has 0 aromatic rings. The lowest BCUT2D eigenvalue weighted by Gasteiger charge is -2.22. The number of rotatable bonds is 72. The maximum absolute atomic E-state index is 12.5. The van der Waals surface area contributed by atoms with Gasteiger partial charge in [-0.15, -0.1) is 0 Å². The fraction of sp³-hybridized carbons (Fsp3) is 0.973. The number of aliphatic hydroxyl groups excluding tert-OH is 2. The van der Waals surface area contributed by atoms with Crippen LogP contribution in [-0.4, -0.2) is 47.4 Å². The van der Waals surface area contributed by atoms with E-state index in [-0.39, 0.29) is 18.5 Å². The number of amides is 1. The van der Waals surface area contributed by atoms with E-state index in [0.717, 1.165) is 38.5 Å². The van der Waals surface area contributed by atoms with E-state index in [9.17, 15) is 19.8 Å². The predicted molar refractivity (Wildman–Crippen MR) is 357 cm³/mol. The van der Waals surface area contributed by atoms with Crippen molar-refractivity contribution in [2.24, 2.45) is 0 Å². The Kier molecular flexibility index (Phi) is 70.3. The number of carbonyl (C=O) groups excluding carboxylic acids is 2. The van der Waals surface area contributed by atoms with Crippen LogP contribution in [0.5, 0.6) is 0 Å². The average Bonchev–Trinajstić information content (AvgIpc) is 3.47. The Bertz CT molecular complexity index is 1180. The van der Waals surface area contributed by atoms with Crippen LogP contribution in [0.25, 0.3) is 0 Å². The SMILES string of the molecule is CCCCCCCCCCCCCCCCCCCC(=O)OCCCCCCCCCCCCCCCCCCCCCCCCCCCCCCCCCCC(=O)NC(CO)C(O)CCCCCCCCCCCCCCCCC. The van der Waals surface area contributed by atoms with E-state index in [1.807, 2.05) is 0 Å². The summed E-state index contributed by atoms with van der Waals surface area (Å²) in [5, 5.41) is 23.3. The molecule has 0 aliphatic carbocycles. The van der Waals surface area contributed by atoms with Gasteiger partial charge < -0.3 is 20.3 Å². The number of aliphatic hydroxyl groups is 2. The monoisotopic (exact) mass is 1140 g/mol. The van der Waals surface area contributed by atoms with Crippen molar-refractivity contribution in [2.45, 2.75) is 456 Å². The maximum atomic E-state index is 12.5. The van der Waals surface area contributed by atoms with Gasteiger partial charge in [-0.05, 0) is 25.7 Å². The molecule has 81 heavy (non-hydrogen) atoms. The van der Waals surface area contributed by atoms with Gasteiger partial charge in [-0.25, -0.2) is 0 Å². The lowest BCUT2D eigenvalue weighted by molar-refractivity contribution is -0.143. The third-order valence-electron chi connectivity index (χ3n) is 18.2. The standard InChI is InChI=1S/C75H149NO5/c1-3-5-7-9-11-13-15-17-19-36-41-45-49-53-57-61-65-69-75(80)81-70-66-62-58-54-50-46-42-38-35-33-31-29-27-25-23-21-20-22-24-26-28-30-32-34-37-40-44-48-52-56-60-64-68-74(79)76-72(71-77)73(78)67-63-59-55-51-47-43-39-18-16-14-12-10-8-6-4-2/h72-73,77-78H,3-71H2,1-2H3,(H,76,79). The van der Waals surface area contributed by atoms with E-state index in [0.29, 0.717) is 25.9 Å². The minimum atomic E-state index is -0.660. The second-order valence-electron chi connectivity index (χ2n) is 26.4. The average molecular weight is 1150 g/mol. The number of carbonyl (C=O) groups is 2. The van der Waals surface area contributed by atoms with E-state index in [1.165, 1.54) is 372 Å². The van der Waals surface area contributed by atoms with Crippen LogP contribution in [0.3, 0.4) is 0 Å². The summed E-state index contributed by atoms with van der Waals surface area (Å²) in [5.74, 6) is 0.000180. The molecule has 6 heteroatoms. The third-order valence-corrected chi connectivity index (χ3v) is 18.2. The van der Waals surface area contributed by atoms with Crippen molar-refractivity contribution >= 4 is 11.9 Å². The number of esters is 1. The number of unbranched alkanes of at least 4 members (excludes halogenated alkanes) is 61. The van der Waals surface area contributed by atoms with Gasteiger partial charge in [-0.3, -0.25) is 9.59 Å². The summed E-state index contributed by atoms with van der Waals surface area (Å²) in [6.07, 6.45) is 87.5. The van der Waals surface area contributed by atoms with Gasteiger partial charge in [-0.1, -0.05) is 406 Å². The Morgan fingerprint density at radius 1 is 0.296 bits per heavy atom. The summed E-state index contributed by atoms with van der Waals surface area (Å²) >= 11 is 0. The Hall–Kier alpha value is -1.14. The maximum Gasteiger partial charge on any atom is 0.305 e. The van der Waals surface area contributed by atoms with Gasteiger partial charge in [-0.2, -0.15) is 0 Å². The normalized spacial score (nSPS) is 12.4. The van der Waals surface area contributed by atoms with Gasteiger partial charge in [0.2, 0.25) is 5.91 Å². The third kappa shape index (κ3) is 67.9. The molecule has 0 fully saturated rings. The molecule has 2 unspecified atom stereocenters. The summed E-state index contributed by atoms with van der Waals surface area (Å²) in [7, 11) is 0. The molecule has 484 valence electrons. The lowest BCUT2D eigenvalue weighted by atomic mass is 10.0. The molecule has 3 N–H and O–H groups in total. The Morgan fingerprint density at radius 2 is 0.506 bits per heavy atom. The first-order chi connectivity index (χ1) is 40.0. The van der Waals surface area contributed by atoms with Gasteiger partial charge in [0, 0.05) is 12.8 Å². The minimum Gasteiger partial charge on any atom is -0.466 e. The summed E-state index contributed by atoms with van der Waals surface area (Å²) in [5.41, 5.74) is 0. The molecule has 0 rings (SSSR count). The minimum absolute atomic E-state index is 0.0264. The van der Waals surface area contributed by atoms with Crippen LogP contribution in [0, 0.1) is 0 Å². The van der Waals surface area contributed by atoms with E-state index in [2.05, 4.69) is 19.2 Å². The summed E-state index contributed by atoms with van der Waals surface area (Å²) in [6.45, 7) is 5.01. The molecule has 0 saturated heterocycles.